The fourth-order valence-electron chi connectivity index (χ4n) is 3.33. The lowest BCUT2D eigenvalue weighted by Gasteiger charge is -2.12. The highest BCUT2D eigenvalue weighted by Gasteiger charge is 2.30. The normalized spacial score (nSPS) is 13.6. The van der Waals surface area contributed by atoms with Crippen LogP contribution in [0.2, 0.25) is 5.02 Å². The fraction of sp³-hybridized carbons (Fsp3) is 0.120. The third kappa shape index (κ3) is 4.09. The van der Waals surface area contributed by atoms with Gasteiger partial charge >= 0.3 is 5.97 Å². The first-order chi connectivity index (χ1) is 15.4. The molecular formula is C25H18ClFO5. The van der Waals surface area contributed by atoms with Gasteiger partial charge in [0.25, 0.3) is 0 Å². The molecule has 32 heavy (non-hydrogen) atoms. The number of hydrogen-bond acceptors (Lipinski definition) is 5. The number of rotatable bonds is 5. The van der Waals surface area contributed by atoms with E-state index in [4.69, 9.17) is 21.1 Å². The number of methoxy groups -OCH3 is 1. The van der Waals surface area contributed by atoms with E-state index in [2.05, 4.69) is 4.74 Å². The summed E-state index contributed by atoms with van der Waals surface area (Å²) in [5.41, 5.74) is 2.38. The SMILES string of the molecule is COC(=O)c1ccc(/C=C2\Oc3c(ccc(OCc4c(F)cccc4Cl)c3C)C2=O)cc1. The number of esters is 1. The quantitative estimate of drug-likeness (QED) is 0.363. The molecule has 0 unspecified atom stereocenters. The van der Waals surface area contributed by atoms with Crippen molar-refractivity contribution in [2.75, 3.05) is 7.11 Å². The molecule has 3 aromatic rings. The van der Waals surface area contributed by atoms with Gasteiger partial charge in [-0.15, -0.1) is 0 Å². The molecule has 0 radical (unpaired) electrons. The summed E-state index contributed by atoms with van der Waals surface area (Å²) in [4.78, 5) is 24.3. The van der Waals surface area contributed by atoms with Crippen molar-refractivity contribution in [3.05, 3.63) is 99.0 Å². The number of ketones is 1. The second-order valence-corrected chi connectivity index (χ2v) is 7.51. The van der Waals surface area contributed by atoms with Crippen LogP contribution in [0.5, 0.6) is 11.5 Å². The molecule has 0 spiro atoms. The number of carbonyl (C=O) groups excluding carboxylic acids is 2. The minimum atomic E-state index is -0.453. The third-order valence-electron chi connectivity index (χ3n) is 5.10. The predicted molar refractivity (Wildman–Crippen MR) is 118 cm³/mol. The first kappa shape index (κ1) is 21.6. The van der Waals surface area contributed by atoms with Crippen molar-refractivity contribution in [2.24, 2.45) is 0 Å². The number of ether oxygens (including phenoxy) is 3. The monoisotopic (exact) mass is 452 g/mol. The molecule has 0 amide bonds. The van der Waals surface area contributed by atoms with Gasteiger partial charge in [-0.25, -0.2) is 9.18 Å². The van der Waals surface area contributed by atoms with Gasteiger partial charge in [-0.2, -0.15) is 0 Å². The molecule has 162 valence electrons. The molecular weight excluding hydrogens is 435 g/mol. The summed E-state index contributed by atoms with van der Waals surface area (Å²) in [5.74, 6) is -0.146. The van der Waals surface area contributed by atoms with E-state index in [0.29, 0.717) is 33.8 Å². The maximum absolute atomic E-state index is 14.0. The Kier molecular flexibility index (Phi) is 5.97. The van der Waals surface area contributed by atoms with E-state index in [-0.39, 0.29) is 28.7 Å². The molecule has 0 aliphatic carbocycles. The summed E-state index contributed by atoms with van der Waals surface area (Å²) in [6, 6.07) is 14.3. The molecule has 7 heteroatoms. The fourth-order valence-corrected chi connectivity index (χ4v) is 3.55. The van der Waals surface area contributed by atoms with E-state index in [1.165, 1.54) is 19.2 Å². The summed E-state index contributed by atoms with van der Waals surface area (Å²) in [7, 11) is 1.31. The molecule has 4 rings (SSSR count). The van der Waals surface area contributed by atoms with Gasteiger partial charge in [0.05, 0.1) is 23.3 Å². The van der Waals surface area contributed by atoms with E-state index >= 15 is 0 Å². The van der Waals surface area contributed by atoms with E-state index in [1.54, 1.807) is 55.5 Å². The van der Waals surface area contributed by atoms with E-state index in [9.17, 15) is 14.0 Å². The number of fused-ring (bicyclic) bond motifs is 1. The van der Waals surface area contributed by atoms with Crippen LogP contribution in [-0.2, 0) is 11.3 Å². The zero-order chi connectivity index (χ0) is 22.8. The summed E-state index contributed by atoms with van der Waals surface area (Å²) in [6.07, 6.45) is 1.60. The van der Waals surface area contributed by atoms with E-state index in [1.807, 2.05) is 0 Å². The van der Waals surface area contributed by atoms with Crippen molar-refractivity contribution in [3.63, 3.8) is 0 Å². The van der Waals surface area contributed by atoms with Crippen molar-refractivity contribution in [2.45, 2.75) is 13.5 Å². The Hall–Kier alpha value is -3.64. The van der Waals surface area contributed by atoms with Gasteiger partial charge in [0.15, 0.2) is 5.76 Å². The highest BCUT2D eigenvalue weighted by atomic mass is 35.5. The molecule has 1 heterocycles. The van der Waals surface area contributed by atoms with E-state index < -0.39 is 11.8 Å². The number of allylic oxidation sites excluding steroid dienone is 1. The van der Waals surface area contributed by atoms with Crippen LogP contribution in [0.1, 0.15) is 37.4 Å². The van der Waals surface area contributed by atoms with Crippen molar-refractivity contribution in [3.8, 4) is 11.5 Å². The van der Waals surface area contributed by atoms with Crippen molar-refractivity contribution in [1.82, 2.24) is 0 Å². The highest BCUT2D eigenvalue weighted by Crippen LogP contribution is 2.39. The Morgan fingerprint density at radius 2 is 1.88 bits per heavy atom. The van der Waals surface area contributed by atoms with Gasteiger partial charge < -0.3 is 14.2 Å². The molecule has 0 saturated heterocycles. The van der Waals surface area contributed by atoms with Crippen LogP contribution < -0.4 is 9.47 Å². The Balaban J connectivity index is 1.55. The summed E-state index contributed by atoms with van der Waals surface area (Å²) >= 11 is 6.06. The van der Waals surface area contributed by atoms with Crippen LogP contribution in [0.25, 0.3) is 6.08 Å². The third-order valence-corrected chi connectivity index (χ3v) is 5.45. The lowest BCUT2D eigenvalue weighted by atomic mass is 10.1. The van der Waals surface area contributed by atoms with Gasteiger partial charge in [0.1, 0.15) is 23.9 Å². The maximum Gasteiger partial charge on any atom is 0.337 e. The van der Waals surface area contributed by atoms with Gasteiger partial charge in [0, 0.05) is 11.1 Å². The number of halogens is 2. The van der Waals surface area contributed by atoms with Crippen LogP contribution in [0.3, 0.4) is 0 Å². The zero-order valence-corrected chi connectivity index (χ0v) is 18.0. The number of Topliss-reactive ketones (excluding diaryl/α,β-unsaturated/α-hetero) is 1. The van der Waals surface area contributed by atoms with Gasteiger partial charge in [-0.05, 0) is 55.0 Å². The smallest absolute Gasteiger partial charge is 0.337 e. The van der Waals surface area contributed by atoms with Crippen LogP contribution in [0, 0.1) is 12.7 Å². The summed E-state index contributed by atoms with van der Waals surface area (Å²) in [5, 5.41) is 0.277. The molecule has 0 fully saturated rings. The van der Waals surface area contributed by atoms with Gasteiger partial charge in [0.2, 0.25) is 5.78 Å². The van der Waals surface area contributed by atoms with Crippen LogP contribution in [-0.4, -0.2) is 18.9 Å². The number of benzene rings is 3. The Labute approximate surface area is 189 Å². The molecule has 0 saturated carbocycles. The first-order valence-corrected chi connectivity index (χ1v) is 10.1. The van der Waals surface area contributed by atoms with Crippen molar-refractivity contribution < 1.29 is 28.2 Å². The van der Waals surface area contributed by atoms with Crippen LogP contribution >= 0.6 is 11.6 Å². The van der Waals surface area contributed by atoms with Crippen molar-refractivity contribution in [1.29, 1.82) is 0 Å². The minimum absolute atomic E-state index is 0.0612. The van der Waals surface area contributed by atoms with Crippen LogP contribution in [0.15, 0.2) is 60.4 Å². The van der Waals surface area contributed by atoms with E-state index in [0.717, 1.165) is 0 Å². The molecule has 1 aliphatic heterocycles. The van der Waals surface area contributed by atoms with Crippen molar-refractivity contribution >= 4 is 29.4 Å². The molecule has 1 aliphatic rings. The topological polar surface area (TPSA) is 61.8 Å². The van der Waals surface area contributed by atoms with Crippen LogP contribution in [0.4, 0.5) is 4.39 Å². The molecule has 0 aromatic heterocycles. The summed E-state index contributed by atoms with van der Waals surface area (Å²) < 4.78 is 30.3. The highest BCUT2D eigenvalue weighted by molar-refractivity contribution is 6.31. The average molecular weight is 453 g/mol. The molecule has 5 nitrogen and oxygen atoms in total. The largest absolute Gasteiger partial charge is 0.488 e. The lowest BCUT2D eigenvalue weighted by Crippen LogP contribution is -2.01. The average Bonchev–Trinajstić information content (AvgIpc) is 3.11. The second-order valence-electron chi connectivity index (χ2n) is 7.11. The Morgan fingerprint density at radius 3 is 2.56 bits per heavy atom. The van der Waals surface area contributed by atoms with Gasteiger partial charge in [-0.1, -0.05) is 29.8 Å². The number of hydrogen-bond donors (Lipinski definition) is 0. The molecule has 3 aromatic carbocycles. The molecule has 0 atom stereocenters. The second kappa shape index (κ2) is 8.85. The standard InChI is InChI=1S/C25H18ClFO5/c1-14-21(31-13-18-19(26)4-3-5-20(18)27)11-10-17-23(28)22(32-24(14)17)12-15-6-8-16(9-7-15)25(29)30-2/h3-12H,13H2,1-2H3/b22-12-. The first-order valence-electron chi connectivity index (χ1n) is 9.71. The predicted octanol–water partition coefficient (Wildman–Crippen LogP) is 5.77. The Morgan fingerprint density at radius 1 is 1.12 bits per heavy atom. The maximum atomic E-state index is 14.0. The van der Waals surface area contributed by atoms with Gasteiger partial charge in [-0.3, -0.25) is 4.79 Å². The number of carbonyl (C=O) groups is 2. The lowest BCUT2D eigenvalue weighted by molar-refractivity contribution is 0.0600. The zero-order valence-electron chi connectivity index (χ0n) is 17.3. The molecule has 0 bridgehead atoms. The summed E-state index contributed by atoms with van der Waals surface area (Å²) in [6.45, 7) is 1.70. The molecule has 0 N–H and O–H groups in total. The minimum Gasteiger partial charge on any atom is -0.488 e. The Bertz CT molecular complexity index is 1230.